The number of rotatable bonds is 7. The maximum absolute atomic E-state index is 12.7. The van der Waals surface area contributed by atoms with Crippen LogP contribution in [0.1, 0.15) is 16.8 Å². The first-order chi connectivity index (χ1) is 14.5. The Hall–Kier alpha value is -2.77. The summed E-state index contributed by atoms with van der Waals surface area (Å²) in [5.74, 6) is -0.366. The van der Waals surface area contributed by atoms with Gasteiger partial charge in [-0.1, -0.05) is 29.4 Å². The number of ether oxygens (including phenoxy) is 1. The number of thioether (sulfide) groups is 1. The van der Waals surface area contributed by atoms with E-state index < -0.39 is 0 Å². The summed E-state index contributed by atoms with van der Waals surface area (Å²) in [7, 11) is 1.35. The summed E-state index contributed by atoms with van der Waals surface area (Å²) in [6.07, 6.45) is 2.09. The number of amidine groups is 1. The Kier molecular flexibility index (Phi) is 7.54. The quantitative estimate of drug-likeness (QED) is 0.494. The molecule has 1 saturated heterocycles. The number of halogens is 1. The van der Waals surface area contributed by atoms with Gasteiger partial charge in [0.25, 0.3) is 0 Å². The molecule has 0 spiro atoms. The van der Waals surface area contributed by atoms with Gasteiger partial charge in [0.2, 0.25) is 5.91 Å². The largest absolute Gasteiger partial charge is 0.465 e. The van der Waals surface area contributed by atoms with Crippen molar-refractivity contribution in [2.24, 2.45) is 4.99 Å². The van der Waals surface area contributed by atoms with Crippen LogP contribution in [0.25, 0.3) is 0 Å². The monoisotopic (exact) mass is 443 g/mol. The number of benzene rings is 2. The number of esters is 1. The molecule has 0 saturated carbocycles. The van der Waals surface area contributed by atoms with E-state index in [1.54, 1.807) is 47.0 Å². The summed E-state index contributed by atoms with van der Waals surface area (Å²) in [4.78, 5) is 30.5. The molecule has 1 heterocycles. The van der Waals surface area contributed by atoms with Crippen molar-refractivity contribution >= 4 is 51.8 Å². The number of carbonyl (C=O) groups is 2. The fraction of sp³-hybridized carbons (Fsp3) is 0.227. The van der Waals surface area contributed by atoms with Crippen LogP contribution < -0.4 is 5.32 Å². The van der Waals surface area contributed by atoms with E-state index in [4.69, 9.17) is 16.3 Å². The second kappa shape index (κ2) is 10.3. The van der Waals surface area contributed by atoms with Crippen molar-refractivity contribution in [2.45, 2.75) is 11.7 Å². The van der Waals surface area contributed by atoms with Gasteiger partial charge in [-0.25, -0.2) is 9.79 Å². The number of methoxy groups -OCH3 is 1. The number of hydrogen-bond donors (Lipinski definition) is 1. The van der Waals surface area contributed by atoms with Crippen LogP contribution >= 0.6 is 23.4 Å². The van der Waals surface area contributed by atoms with Crippen molar-refractivity contribution in [3.05, 3.63) is 71.8 Å². The minimum Gasteiger partial charge on any atom is -0.465 e. The molecular weight excluding hydrogens is 422 g/mol. The fourth-order valence-electron chi connectivity index (χ4n) is 2.88. The van der Waals surface area contributed by atoms with E-state index in [9.17, 15) is 9.59 Å². The first-order valence-electron chi connectivity index (χ1n) is 9.34. The number of nitrogens with one attached hydrogen (secondary N) is 1. The lowest BCUT2D eigenvalue weighted by Gasteiger charge is -2.31. The van der Waals surface area contributed by atoms with E-state index in [1.165, 1.54) is 7.11 Å². The Bertz CT molecular complexity index is 945. The van der Waals surface area contributed by atoms with Gasteiger partial charge in [-0.3, -0.25) is 9.69 Å². The summed E-state index contributed by atoms with van der Waals surface area (Å²) >= 11 is 7.50. The third-order valence-electron chi connectivity index (χ3n) is 4.41. The van der Waals surface area contributed by atoms with Gasteiger partial charge in [0, 0.05) is 35.5 Å². The highest BCUT2D eigenvalue weighted by Crippen LogP contribution is 2.29. The van der Waals surface area contributed by atoms with Crippen molar-refractivity contribution < 1.29 is 14.3 Å². The lowest BCUT2D eigenvalue weighted by atomic mass is 10.2. The Morgan fingerprint density at radius 3 is 2.63 bits per heavy atom. The summed E-state index contributed by atoms with van der Waals surface area (Å²) in [6, 6.07) is 14.2. The van der Waals surface area contributed by atoms with Gasteiger partial charge in [-0.15, -0.1) is 6.58 Å². The predicted molar refractivity (Wildman–Crippen MR) is 123 cm³/mol. The van der Waals surface area contributed by atoms with Crippen LogP contribution in [-0.4, -0.2) is 47.4 Å². The molecule has 1 fully saturated rings. The molecule has 1 amide bonds. The highest BCUT2D eigenvalue weighted by molar-refractivity contribution is 8.14. The SMILES string of the molecule is C=CCN1C(=O)CC(CNc2ccc(C(=O)OC)cc2)SC1=Nc1ccc(Cl)cc1. The van der Waals surface area contributed by atoms with E-state index in [-0.39, 0.29) is 17.1 Å². The Morgan fingerprint density at radius 2 is 2.00 bits per heavy atom. The van der Waals surface area contributed by atoms with Crippen LogP contribution in [0.5, 0.6) is 0 Å². The van der Waals surface area contributed by atoms with Gasteiger partial charge in [-0.2, -0.15) is 0 Å². The first kappa shape index (κ1) is 21.9. The Labute approximate surface area is 185 Å². The highest BCUT2D eigenvalue weighted by Gasteiger charge is 2.31. The van der Waals surface area contributed by atoms with Gasteiger partial charge in [0.1, 0.15) is 0 Å². The molecule has 8 heteroatoms. The maximum atomic E-state index is 12.7. The van der Waals surface area contributed by atoms with Crippen LogP contribution in [0.2, 0.25) is 5.02 Å². The van der Waals surface area contributed by atoms with Crippen LogP contribution in [0, 0.1) is 0 Å². The molecule has 2 aromatic carbocycles. The standard InChI is InChI=1S/C22H22ClN3O3S/c1-3-12-26-20(27)13-19(30-22(26)25-18-10-6-16(23)7-11-18)14-24-17-8-4-15(5-9-17)21(28)29-2/h3-11,19,24H,1,12-14H2,2H3. The van der Waals surface area contributed by atoms with Crippen molar-refractivity contribution in [2.75, 3.05) is 25.5 Å². The summed E-state index contributed by atoms with van der Waals surface area (Å²) < 4.78 is 4.71. The van der Waals surface area contributed by atoms with Crippen LogP contribution in [-0.2, 0) is 9.53 Å². The number of amides is 1. The van der Waals surface area contributed by atoms with Crippen molar-refractivity contribution in [3.8, 4) is 0 Å². The van der Waals surface area contributed by atoms with Crippen LogP contribution in [0.15, 0.2) is 66.2 Å². The molecule has 156 valence electrons. The molecule has 1 N–H and O–H groups in total. The van der Waals surface area contributed by atoms with Crippen molar-refractivity contribution in [1.29, 1.82) is 0 Å². The molecule has 1 atom stereocenters. The highest BCUT2D eigenvalue weighted by atomic mass is 35.5. The van der Waals surface area contributed by atoms with Crippen molar-refractivity contribution in [1.82, 2.24) is 4.90 Å². The van der Waals surface area contributed by atoms with Gasteiger partial charge in [0.05, 0.1) is 18.4 Å². The zero-order chi connectivity index (χ0) is 21.5. The predicted octanol–water partition coefficient (Wildman–Crippen LogP) is 4.75. The fourth-order valence-corrected chi connectivity index (χ4v) is 4.15. The number of aliphatic imine (C=N–C) groups is 1. The molecule has 0 radical (unpaired) electrons. The second-order valence-corrected chi connectivity index (χ2v) is 8.26. The summed E-state index contributed by atoms with van der Waals surface area (Å²) in [5, 5.41) is 4.61. The molecule has 30 heavy (non-hydrogen) atoms. The maximum Gasteiger partial charge on any atom is 0.337 e. The lowest BCUT2D eigenvalue weighted by molar-refractivity contribution is -0.127. The molecule has 1 unspecified atom stereocenters. The molecule has 1 aliphatic heterocycles. The minimum atomic E-state index is -0.375. The van der Waals surface area contributed by atoms with E-state index in [1.807, 2.05) is 24.3 Å². The number of hydrogen-bond acceptors (Lipinski definition) is 6. The number of anilines is 1. The third-order valence-corrected chi connectivity index (χ3v) is 5.85. The van der Waals surface area contributed by atoms with E-state index in [0.29, 0.717) is 35.3 Å². The minimum absolute atomic E-state index is 0.00852. The normalized spacial score (nSPS) is 17.7. The molecule has 0 aromatic heterocycles. The molecule has 1 aliphatic rings. The Morgan fingerprint density at radius 1 is 1.30 bits per heavy atom. The molecule has 0 bridgehead atoms. The van der Waals surface area contributed by atoms with Crippen molar-refractivity contribution in [3.63, 3.8) is 0 Å². The summed E-state index contributed by atoms with van der Waals surface area (Å²) in [5.41, 5.74) is 2.08. The smallest absolute Gasteiger partial charge is 0.337 e. The molecule has 0 aliphatic carbocycles. The topological polar surface area (TPSA) is 71.0 Å². The third kappa shape index (κ3) is 5.64. The zero-order valence-corrected chi connectivity index (χ0v) is 18.1. The molecule has 2 aromatic rings. The molecular formula is C22H22ClN3O3S. The lowest BCUT2D eigenvalue weighted by Crippen LogP contribution is -2.43. The van der Waals surface area contributed by atoms with E-state index in [0.717, 1.165) is 11.4 Å². The van der Waals surface area contributed by atoms with Gasteiger partial charge >= 0.3 is 5.97 Å². The van der Waals surface area contributed by atoms with E-state index in [2.05, 4.69) is 16.9 Å². The average molecular weight is 444 g/mol. The first-order valence-corrected chi connectivity index (χ1v) is 10.6. The average Bonchev–Trinajstić information content (AvgIpc) is 2.76. The summed E-state index contributed by atoms with van der Waals surface area (Å²) in [6.45, 7) is 4.73. The van der Waals surface area contributed by atoms with Gasteiger partial charge < -0.3 is 10.1 Å². The zero-order valence-electron chi connectivity index (χ0n) is 16.5. The number of carbonyl (C=O) groups excluding carboxylic acids is 2. The Balaban J connectivity index is 1.70. The molecule has 6 nitrogen and oxygen atoms in total. The van der Waals surface area contributed by atoms with Crippen LogP contribution in [0.4, 0.5) is 11.4 Å². The van der Waals surface area contributed by atoms with Crippen LogP contribution in [0.3, 0.4) is 0 Å². The molecule has 3 rings (SSSR count). The van der Waals surface area contributed by atoms with Gasteiger partial charge in [-0.05, 0) is 48.5 Å². The van der Waals surface area contributed by atoms with E-state index >= 15 is 0 Å². The number of nitrogens with zero attached hydrogens (tertiary/aromatic N) is 2. The van der Waals surface area contributed by atoms with Gasteiger partial charge in [0.15, 0.2) is 5.17 Å². The second-order valence-electron chi connectivity index (χ2n) is 6.56.